The average molecular weight is 334 g/mol. The molecule has 8 heteroatoms. The Kier molecular flexibility index (Phi) is 3.62. The topological polar surface area (TPSA) is 97.7 Å². The molecule has 0 radical (unpaired) electrons. The molecule has 0 aliphatic rings. The predicted molar refractivity (Wildman–Crippen MR) is 92.0 cm³/mol. The Hall–Kier alpha value is -3.68. The fourth-order valence-electron chi connectivity index (χ4n) is 2.64. The smallest absolute Gasteiger partial charge is 0.280 e. The molecule has 0 saturated carbocycles. The summed E-state index contributed by atoms with van der Waals surface area (Å²) >= 11 is 0. The first kappa shape index (κ1) is 14.9. The van der Waals surface area contributed by atoms with Crippen molar-refractivity contribution in [3.8, 4) is 11.4 Å². The molecule has 0 atom stereocenters. The van der Waals surface area contributed by atoms with Gasteiger partial charge in [0.25, 0.3) is 5.91 Å². The van der Waals surface area contributed by atoms with Crippen LogP contribution in [-0.2, 0) is 0 Å². The number of fused-ring (bicyclic) bond motifs is 1. The lowest BCUT2D eigenvalue weighted by Gasteiger charge is -2.13. The van der Waals surface area contributed by atoms with Crippen LogP contribution in [0.15, 0.2) is 54.7 Å². The second-order valence-electron chi connectivity index (χ2n) is 5.24. The van der Waals surface area contributed by atoms with Gasteiger partial charge in [0.05, 0.1) is 30.0 Å². The van der Waals surface area contributed by atoms with E-state index >= 15 is 0 Å². The van der Waals surface area contributed by atoms with Crippen molar-refractivity contribution in [2.45, 2.75) is 0 Å². The summed E-state index contributed by atoms with van der Waals surface area (Å²) < 4.78 is 7.30. The molecule has 2 aromatic carbocycles. The Bertz CT molecular complexity index is 1040. The fourth-order valence-corrected chi connectivity index (χ4v) is 2.64. The highest BCUT2D eigenvalue weighted by molar-refractivity contribution is 6.02. The van der Waals surface area contributed by atoms with Gasteiger partial charge in [-0.1, -0.05) is 24.3 Å². The number of rotatable bonds is 4. The number of carbonyl (C=O) groups is 1. The Morgan fingerprint density at radius 2 is 1.96 bits per heavy atom. The Morgan fingerprint density at radius 1 is 1.16 bits per heavy atom. The molecule has 0 spiro atoms. The molecule has 4 aromatic rings. The lowest BCUT2D eigenvalue weighted by molar-refractivity contribution is 0.102. The maximum atomic E-state index is 12.4. The molecule has 0 fully saturated rings. The van der Waals surface area contributed by atoms with Gasteiger partial charge in [0.2, 0.25) is 5.95 Å². The molecule has 25 heavy (non-hydrogen) atoms. The van der Waals surface area contributed by atoms with Crippen LogP contribution in [0.4, 0.5) is 5.95 Å². The van der Waals surface area contributed by atoms with E-state index in [-0.39, 0.29) is 5.69 Å². The number of para-hydroxylation sites is 4. The van der Waals surface area contributed by atoms with Crippen molar-refractivity contribution in [3.63, 3.8) is 0 Å². The quantitative estimate of drug-likeness (QED) is 0.597. The van der Waals surface area contributed by atoms with E-state index in [4.69, 9.17) is 4.74 Å². The fraction of sp³-hybridized carbons (Fsp3) is 0.0588. The predicted octanol–water partition coefficient (Wildman–Crippen LogP) is 2.40. The van der Waals surface area contributed by atoms with E-state index in [0.29, 0.717) is 11.7 Å². The zero-order valence-electron chi connectivity index (χ0n) is 13.3. The first-order valence-electron chi connectivity index (χ1n) is 7.56. The Balaban J connectivity index is 1.88. The second kappa shape index (κ2) is 6.08. The number of carbonyl (C=O) groups excluding carboxylic acids is 1. The number of hydrogen-bond acceptors (Lipinski definition) is 5. The Labute approximate surface area is 142 Å². The van der Waals surface area contributed by atoms with Crippen LogP contribution in [-0.4, -0.2) is 38.0 Å². The highest BCUT2D eigenvalue weighted by Gasteiger charge is 2.18. The zero-order valence-corrected chi connectivity index (χ0v) is 13.3. The number of aromatic nitrogens is 5. The highest BCUT2D eigenvalue weighted by atomic mass is 16.5. The third-order valence-electron chi connectivity index (χ3n) is 3.76. The van der Waals surface area contributed by atoms with Crippen LogP contribution < -0.4 is 10.1 Å². The third kappa shape index (κ3) is 2.59. The maximum Gasteiger partial charge on any atom is 0.280 e. The molecular weight excluding hydrogens is 320 g/mol. The van der Waals surface area contributed by atoms with Crippen molar-refractivity contribution < 1.29 is 9.53 Å². The highest BCUT2D eigenvalue weighted by Crippen LogP contribution is 2.30. The van der Waals surface area contributed by atoms with E-state index in [9.17, 15) is 4.79 Å². The number of H-pyrrole nitrogens is 1. The first-order valence-corrected chi connectivity index (χ1v) is 7.56. The largest absolute Gasteiger partial charge is 0.495 e. The summed E-state index contributed by atoms with van der Waals surface area (Å²) in [5.41, 5.74) is 2.55. The number of aromatic amines is 1. The first-order chi connectivity index (χ1) is 12.3. The summed E-state index contributed by atoms with van der Waals surface area (Å²) in [4.78, 5) is 16.9. The molecule has 0 unspecified atom stereocenters. The molecule has 0 aliphatic heterocycles. The number of nitrogens with zero attached hydrogens (tertiary/aromatic N) is 4. The number of amides is 1. The molecule has 0 aliphatic carbocycles. The lowest BCUT2D eigenvalue weighted by Crippen LogP contribution is -2.16. The number of methoxy groups -OCH3 is 1. The average Bonchev–Trinajstić information content (AvgIpc) is 3.29. The van der Waals surface area contributed by atoms with Crippen LogP contribution >= 0.6 is 0 Å². The van der Waals surface area contributed by atoms with Gasteiger partial charge in [-0.2, -0.15) is 15.4 Å². The Morgan fingerprint density at radius 3 is 2.76 bits per heavy atom. The van der Waals surface area contributed by atoms with Crippen LogP contribution in [0.25, 0.3) is 16.7 Å². The van der Waals surface area contributed by atoms with Gasteiger partial charge in [-0.05, 0) is 24.3 Å². The summed E-state index contributed by atoms with van der Waals surface area (Å²) in [6.45, 7) is 0. The number of nitrogens with one attached hydrogen (secondary N) is 2. The summed E-state index contributed by atoms with van der Waals surface area (Å²) in [7, 11) is 1.60. The van der Waals surface area contributed by atoms with Gasteiger partial charge < -0.3 is 4.74 Å². The van der Waals surface area contributed by atoms with Crippen molar-refractivity contribution in [2.24, 2.45) is 0 Å². The summed E-state index contributed by atoms with van der Waals surface area (Å²) in [5, 5.41) is 12.7. The van der Waals surface area contributed by atoms with Crippen molar-refractivity contribution >= 4 is 22.9 Å². The number of hydrogen-bond donors (Lipinski definition) is 2. The molecule has 8 nitrogen and oxygen atoms in total. The zero-order chi connectivity index (χ0) is 17.2. The van der Waals surface area contributed by atoms with Crippen molar-refractivity contribution in [2.75, 3.05) is 12.4 Å². The number of ether oxygens (including phenoxy) is 1. The molecular formula is C17H14N6O2. The van der Waals surface area contributed by atoms with E-state index < -0.39 is 5.91 Å². The minimum Gasteiger partial charge on any atom is -0.495 e. The van der Waals surface area contributed by atoms with Gasteiger partial charge in [0.1, 0.15) is 5.75 Å². The number of benzene rings is 2. The van der Waals surface area contributed by atoms with Gasteiger partial charge in [-0.25, -0.2) is 4.98 Å². The van der Waals surface area contributed by atoms with Crippen molar-refractivity contribution in [1.29, 1.82) is 0 Å². The van der Waals surface area contributed by atoms with Crippen LogP contribution in [0.2, 0.25) is 0 Å². The van der Waals surface area contributed by atoms with E-state index in [0.717, 1.165) is 16.7 Å². The number of imidazole rings is 1. The van der Waals surface area contributed by atoms with Crippen molar-refractivity contribution in [3.05, 3.63) is 60.4 Å². The number of anilines is 1. The SMILES string of the molecule is COc1ccccc1-n1c(NC(=O)c2cn[nH]n2)nc2ccccc21. The van der Waals surface area contributed by atoms with E-state index in [1.165, 1.54) is 6.20 Å². The van der Waals surface area contributed by atoms with Crippen LogP contribution in [0, 0.1) is 0 Å². The van der Waals surface area contributed by atoms with E-state index in [1.807, 2.05) is 53.1 Å². The van der Waals surface area contributed by atoms with Crippen molar-refractivity contribution in [1.82, 2.24) is 25.0 Å². The summed E-state index contributed by atoms with van der Waals surface area (Å²) in [6, 6.07) is 15.2. The van der Waals surface area contributed by atoms with Gasteiger partial charge in [-0.3, -0.25) is 14.7 Å². The maximum absolute atomic E-state index is 12.4. The molecule has 0 saturated heterocycles. The third-order valence-corrected chi connectivity index (χ3v) is 3.76. The van der Waals surface area contributed by atoms with Gasteiger partial charge >= 0.3 is 0 Å². The van der Waals surface area contributed by atoms with Gasteiger partial charge in [-0.15, -0.1) is 0 Å². The van der Waals surface area contributed by atoms with Gasteiger partial charge in [0, 0.05) is 0 Å². The lowest BCUT2D eigenvalue weighted by atomic mass is 10.2. The molecule has 1 amide bonds. The molecule has 2 N–H and O–H groups in total. The molecule has 2 aromatic heterocycles. The molecule has 2 heterocycles. The minimum absolute atomic E-state index is 0.179. The second-order valence-corrected chi connectivity index (χ2v) is 5.24. The van der Waals surface area contributed by atoms with E-state index in [1.54, 1.807) is 7.11 Å². The molecule has 124 valence electrons. The summed E-state index contributed by atoms with van der Waals surface area (Å²) in [5.74, 6) is 0.640. The van der Waals surface area contributed by atoms with Gasteiger partial charge in [0.15, 0.2) is 5.69 Å². The monoisotopic (exact) mass is 334 g/mol. The molecule has 0 bridgehead atoms. The normalized spacial score (nSPS) is 10.8. The van der Waals surface area contributed by atoms with E-state index in [2.05, 4.69) is 25.7 Å². The summed E-state index contributed by atoms with van der Waals surface area (Å²) in [6.07, 6.45) is 1.35. The standard InChI is InChI=1S/C17H14N6O2/c1-25-15-9-5-4-8-14(15)23-13-7-3-2-6-11(13)19-17(23)20-16(24)12-10-18-22-21-12/h2-10H,1H3,(H,18,21,22)(H,19,20,24). The minimum atomic E-state index is -0.403. The van der Waals surface area contributed by atoms with Crippen LogP contribution in [0.1, 0.15) is 10.5 Å². The van der Waals surface area contributed by atoms with Crippen LogP contribution in [0.5, 0.6) is 5.75 Å². The van der Waals surface area contributed by atoms with Crippen LogP contribution in [0.3, 0.4) is 0 Å². The molecule has 4 rings (SSSR count).